The van der Waals surface area contributed by atoms with Crippen LogP contribution in [0.15, 0.2) is 17.2 Å². The topological polar surface area (TPSA) is 24.1 Å². The molecule has 16 heavy (non-hydrogen) atoms. The highest BCUT2D eigenvalue weighted by molar-refractivity contribution is 7.12. The quantitative estimate of drug-likeness (QED) is 0.784. The van der Waals surface area contributed by atoms with Crippen LogP contribution in [-0.2, 0) is 6.54 Å². The first-order valence-corrected chi connectivity index (χ1v) is 6.63. The van der Waals surface area contributed by atoms with E-state index in [1.807, 2.05) is 11.3 Å². The van der Waals surface area contributed by atoms with Gasteiger partial charge in [0.05, 0.1) is 0 Å². The summed E-state index contributed by atoms with van der Waals surface area (Å²) in [4.78, 5) is 2.88. The average molecular weight is 236 g/mol. The summed E-state index contributed by atoms with van der Waals surface area (Å²) >= 11 is 1.90. The Morgan fingerprint density at radius 1 is 1.44 bits per heavy atom. The fourth-order valence-corrected chi connectivity index (χ4v) is 2.81. The molecule has 0 saturated carbocycles. The van der Waals surface area contributed by atoms with Gasteiger partial charge in [0.2, 0.25) is 0 Å². The molecular formula is C13H20N2S. The summed E-state index contributed by atoms with van der Waals surface area (Å²) in [6.45, 7) is 10.8. The van der Waals surface area contributed by atoms with Crippen LogP contribution in [0.3, 0.4) is 0 Å². The van der Waals surface area contributed by atoms with Crippen LogP contribution in [0.5, 0.6) is 0 Å². The van der Waals surface area contributed by atoms with Crippen molar-refractivity contribution in [1.29, 1.82) is 0 Å². The van der Waals surface area contributed by atoms with Crippen molar-refractivity contribution in [3.63, 3.8) is 0 Å². The molecule has 0 aliphatic carbocycles. The van der Waals surface area contributed by atoms with Gasteiger partial charge in [-0.25, -0.2) is 0 Å². The molecule has 0 unspecified atom stereocenters. The first kappa shape index (κ1) is 11.8. The number of hydrogen-bond donors (Lipinski definition) is 2. The van der Waals surface area contributed by atoms with Crippen LogP contribution < -0.4 is 10.6 Å². The molecule has 0 amide bonds. The highest BCUT2D eigenvalue weighted by Gasteiger charge is 2.10. The number of aryl methyl sites for hydroxylation is 2. The molecule has 3 heteroatoms. The molecule has 1 aromatic heterocycles. The van der Waals surface area contributed by atoms with Gasteiger partial charge in [0.1, 0.15) is 0 Å². The van der Waals surface area contributed by atoms with Gasteiger partial charge < -0.3 is 10.6 Å². The molecule has 1 aromatic rings. The Bertz CT molecular complexity index is 379. The minimum absolute atomic E-state index is 0.997. The Kier molecular flexibility index (Phi) is 3.79. The van der Waals surface area contributed by atoms with Gasteiger partial charge in [0.15, 0.2) is 0 Å². The van der Waals surface area contributed by atoms with Crippen molar-refractivity contribution in [2.24, 2.45) is 0 Å². The molecule has 0 atom stereocenters. The van der Waals surface area contributed by atoms with Crippen LogP contribution in [-0.4, -0.2) is 19.6 Å². The van der Waals surface area contributed by atoms with Gasteiger partial charge in [0, 0.05) is 35.9 Å². The third-order valence-corrected chi connectivity index (χ3v) is 4.34. The minimum Gasteiger partial charge on any atom is -0.309 e. The predicted molar refractivity (Wildman–Crippen MR) is 71.1 cm³/mol. The Hall–Kier alpha value is -0.640. The van der Waals surface area contributed by atoms with Crippen LogP contribution >= 0.6 is 11.3 Å². The lowest BCUT2D eigenvalue weighted by molar-refractivity contribution is 0.641. The third-order valence-electron chi connectivity index (χ3n) is 3.19. The second-order valence-corrected chi connectivity index (χ2v) is 5.88. The van der Waals surface area contributed by atoms with Gasteiger partial charge in [0.25, 0.3) is 0 Å². The van der Waals surface area contributed by atoms with Crippen molar-refractivity contribution in [3.05, 3.63) is 32.5 Å². The molecule has 0 bridgehead atoms. The second kappa shape index (κ2) is 5.13. The normalized spacial score (nSPS) is 15.1. The predicted octanol–water partition coefficient (Wildman–Crippen LogP) is 2.37. The van der Waals surface area contributed by atoms with E-state index < -0.39 is 0 Å². The molecule has 0 radical (unpaired) electrons. The monoisotopic (exact) mass is 236 g/mol. The Labute approximate surface area is 102 Å². The zero-order chi connectivity index (χ0) is 11.5. The van der Waals surface area contributed by atoms with Crippen LogP contribution in [0, 0.1) is 13.8 Å². The molecule has 1 aliphatic rings. The fraction of sp³-hybridized carbons (Fsp3) is 0.538. The number of hydrogen-bond acceptors (Lipinski definition) is 3. The summed E-state index contributed by atoms with van der Waals surface area (Å²) in [6.07, 6.45) is 0. The zero-order valence-electron chi connectivity index (χ0n) is 10.3. The standard InChI is InChI=1S/C13H20N2S/c1-9-4-13(16-11(9)3)8-14-5-10(2)12-6-15-7-12/h4,14-15H,5-8H2,1-3H3. The highest BCUT2D eigenvalue weighted by atomic mass is 32.1. The van der Waals surface area contributed by atoms with Crippen LogP contribution in [0.1, 0.15) is 22.2 Å². The van der Waals surface area contributed by atoms with Gasteiger partial charge in [-0.2, -0.15) is 0 Å². The van der Waals surface area contributed by atoms with Crippen LogP contribution in [0.4, 0.5) is 0 Å². The van der Waals surface area contributed by atoms with Crippen LogP contribution in [0.2, 0.25) is 0 Å². The third kappa shape index (κ3) is 2.73. The Morgan fingerprint density at radius 3 is 2.69 bits per heavy atom. The highest BCUT2D eigenvalue weighted by Crippen LogP contribution is 2.20. The molecule has 1 aliphatic heterocycles. The summed E-state index contributed by atoms with van der Waals surface area (Å²) < 4.78 is 0. The Morgan fingerprint density at radius 2 is 2.19 bits per heavy atom. The molecular weight excluding hydrogens is 216 g/mol. The largest absolute Gasteiger partial charge is 0.309 e. The van der Waals surface area contributed by atoms with Gasteiger partial charge in [-0.05, 0) is 38.0 Å². The van der Waals surface area contributed by atoms with Crippen molar-refractivity contribution in [3.8, 4) is 0 Å². The smallest absolute Gasteiger partial charge is 0.0302 e. The summed E-state index contributed by atoms with van der Waals surface area (Å²) in [6, 6.07) is 2.29. The minimum atomic E-state index is 0.997. The number of thiophene rings is 1. The summed E-state index contributed by atoms with van der Waals surface area (Å²) in [7, 11) is 0. The fourth-order valence-electron chi connectivity index (χ4n) is 1.79. The maximum absolute atomic E-state index is 3.52. The molecule has 2 N–H and O–H groups in total. The van der Waals surface area contributed by atoms with Crippen molar-refractivity contribution < 1.29 is 0 Å². The van der Waals surface area contributed by atoms with E-state index in [4.69, 9.17) is 0 Å². The first-order chi connectivity index (χ1) is 7.66. The van der Waals surface area contributed by atoms with E-state index in [2.05, 4.69) is 37.5 Å². The summed E-state index contributed by atoms with van der Waals surface area (Å²) in [5, 5.41) is 6.79. The van der Waals surface area contributed by atoms with E-state index in [1.165, 1.54) is 20.9 Å². The van der Waals surface area contributed by atoms with Crippen molar-refractivity contribution in [2.45, 2.75) is 27.3 Å². The van der Waals surface area contributed by atoms with E-state index in [9.17, 15) is 0 Å². The average Bonchev–Trinajstić information content (AvgIpc) is 2.43. The molecule has 1 fully saturated rings. The van der Waals surface area contributed by atoms with E-state index in [0.29, 0.717) is 0 Å². The maximum atomic E-state index is 3.52. The van der Waals surface area contributed by atoms with E-state index in [-0.39, 0.29) is 0 Å². The first-order valence-electron chi connectivity index (χ1n) is 5.81. The van der Waals surface area contributed by atoms with Crippen molar-refractivity contribution in [1.82, 2.24) is 10.6 Å². The SMILES string of the molecule is CC(CNCc1cc(C)c(C)s1)=C1CNC1. The van der Waals surface area contributed by atoms with E-state index in [1.54, 1.807) is 5.57 Å². The van der Waals surface area contributed by atoms with Gasteiger partial charge in [-0.15, -0.1) is 11.3 Å². The molecule has 0 aromatic carbocycles. The molecule has 2 nitrogen and oxygen atoms in total. The molecule has 88 valence electrons. The zero-order valence-corrected chi connectivity index (χ0v) is 11.1. The van der Waals surface area contributed by atoms with Crippen molar-refractivity contribution in [2.75, 3.05) is 19.6 Å². The lowest BCUT2D eigenvalue weighted by atomic mass is 10.0. The maximum Gasteiger partial charge on any atom is 0.0302 e. The lowest BCUT2D eigenvalue weighted by Crippen LogP contribution is -2.36. The molecule has 2 heterocycles. The van der Waals surface area contributed by atoms with E-state index >= 15 is 0 Å². The summed E-state index contributed by atoms with van der Waals surface area (Å²) in [5.41, 5.74) is 4.50. The lowest BCUT2D eigenvalue weighted by Gasteiger charge is -2.22. The van der Waals surface area contributed by atoms with Gasteiger partial charge in [-0.3, -0.25) is 0 Å². The van der Waals surface area contributed by atoms with Crippen LogP contribution in [0.25, 0.3) is 0 Å². The molecule has 1 saturated heterocycles. The Balaban J connectivity index is 1.79. The van der Waals surface area contributed by atoms with E-state index in [0.717, 1.165) is 26.2 Å². The number of nitrogens with one attached hydrogen (secondary N) is 2. The second-order valence-electron chi connectivity index (χ2n) is 4.54. The summed E-state index contributed by atoms with van der Waals surface area (Å²) in [5.74, 6) is 0. The van der Waals surface area contributed by atoms with Gasteiger partial charge in [-0.1, -0.05) is 5.57 Å². The molecule has 0 spiro atoms. The number of rotatable bonds is 4. The molecule has 2 rings (SSSR count). The van der Waals surface area contributed by atoms with Crippen molar-refractivity contribution >= 4 is 11.3 Å². The van der Waals surface area contributed by atoms with Gasteiger partial charge >= 0.3 is 0 Å².